The maximum Gasteiger partial charge on any atom is 0.339 e. The number of rotatable bonds is 8. The number of para-hydroxylation sites is 1. The van der Waals surface area contributed by atoms with E-state index < -0.39 is 18.5 Å². The lowest BCUT2D eigenvalue weighted by Crippen LogP contribution is -2.22. The normalized spacial score (nSPS) is 10.6. The second kappa shape index (κ2) is 10.6. The first-order chi connectivity index (χ1) is 16.6. The average Bonchev–Trinajstić information content (AvgIpc) is 2.89. The lowest BCUT2D eigenvalue weighted by Gasteiger charge is -2.21. The zero-order valence-corrected chi connectivity index (χ0v) is 19.2. The third kappa shape index (κ3) is 5.20. The van der Waals surface area contributed by atoms with Crippen LogP contribution in [0.2, 0.25) is 0 Å². The monoisotopic (exact) mass is 454 g/mol. The van der Waals surface area contributed by atoms with Gasteiger partial charge in [0.25, 0.3) is 5.91 Å². The summed E-state index contributed by atoms with van der Waals surface area (Å²) in [5.41, 5.74) is 4.22. The fourth-order valence-electron chi connectivity index (χ4n) is 3.77. The molecule has 34 heavy (non-hydrogen) atoms. The van der Waals surface area contributed by atoms with Crippen molar-refractivity contribution < 1.29 is 14.3 Å². The molecule has 4 aromatic rings. The number of fused-ring (bicyclic) bond motifs is 1. The standard InChI is InChI=1S/C27H26N4O3/c1-3-31(4-2)21-11-9-20(10-12-21)29-26(32)18-34-27(33)23-17-25(19-13-15-28-16-14-19)30-24-8-6-5-7-22(23)24/h5-17H,3-4,18H2,1-2H3,(H,29,32). The van der Waals surface area contributed by atoms with Gasteiger partial charge in [0.1, 0.15) is 0 Å². The molecule has 0 atom stereocenters. The summed E-state index contributed by atoms with van der Waals surface area (Å²) < 4.78 is 5.36. The zero-order chi connectivity index (χ0) is 23.9. The molecule has 0 spiro atoms. The lowest BCUT2D eigenvalue weighted by molar-refractivity contribution is -0.119. The Morgan fingerprint density at radius 3 is 2.35 bits per heavy atom. The first-order valence-corrected chi connectivity index (χ1v) is 11.2. The van der Waals surface area contributed by atoms with Crippen LogP contribution < -0.4 is 10.2 Å². The van der Waals surface area contributed by atoms with E-state index >= 15 is 0 Å². The van der Waals surface area contributed by atoms with E-state index in [2.05, 4.69) is 34.0 Å². The molecule has 1 amide bonds. The summed E-state index contributed by atoms with van der Waals surface area (Å²) in [4.78, 5) is 36.2. The summed E-state index contributed by atoms with van der Waals surface area (Å²) in [5.74, 6) is -0.988. The van der Waals surface area contributed by atoms with E-state index in [-0.39, 0.29) is 0 Å². The van der Waals surface area contributed by atoms with Gasteiger partial charge in [0, 0.05) is 47.8 Å². The fraction of sp³-hybridized carbons (Fsp3) is 0.185. The third-order valence-corrected chi connectivity index (χ3v) is 5.53. The van der Waals surface area contributed by atoms with Crippen LogP contribution in [0, 0.1) is 0 Å². The van der Waals surface area contributed by atoms with Gasteiger partial charge in [0.05, 0.1) is 16.8 Å². The highest BCUT2D eigenvalue weighted by Gasteiger charge is 2.17. The van der Waals surface area contributed by atoms with Gasteiger partial charge < -0.3 is 15.0 Å². The van der Waals surface area contributed by atoms with E-state index in [0.29, 0.717) is 27.8 Å². The van der Waals surface area contributed by atoms with Crippen LogP contribution in [-0.4, -0.2) is 41.5 Å². The number of benzene rings is 2. The van der Waals surface area contributed by atoms with Crippen molar-refractivity contribution in [1.82, 2.24) is 9.97 Å². The zero-order valence-electron chi connectivity index (χ0n) is 19.2. The van der Waals surface area contributed by atoms with Crippen molar-refractivity contribution in [3.8, 4) is 11.3 Å². The molecule has 0 unspecified atom stereocenters. The van der Waals surface area contributed by atoms with E-state index in [1.807, 2.05) is 60.7 Å². The van der Waals surface area contributed by atoms with Crippen molar-refractivity contribution in [2.75, 3.05) is 29.9 Å². The third-order valence-electron chi connectivity index (χ3n) is 5.53. The van der Waals surface area contributed by atoms with E-state index in [1.54, 1.807) is 18.5 Å². The van der Waals surface area contributed by atoms with Crippen LogP contribution in [-0.2, 0) is 9.53 Å². The minimum atomic E-state index is -0.582. The molecule has 4 rings (SSSR count). The summed E-state index contributed by atoms with van der Waals surface area (Å²) >= 11 is 0. The Morgan fingerprint density at radius 1 is 0.941 bits per heavy atom. The molecule has 0 saturated carbocycles. The van der Waals surface area contributed by atoms with Crippen molar-refractivity contribution in [3.05, 3.63) is 84.7 Å². The van der Waals surface area contributed by atoms with Crippen molar-refractivity contribution in [3.63, 3.8) is 0 Å². The first-order valence-electron chi connectivity index (χ1n) is 11.2. The van der Waals surface area contributed by atoms with Gasteiger partial charge in [-0.1, -0.05) is 18.2 Å². The lowest BCUT2D eigenvalue weighted by atomic mass is 10.0. The molecule has 0 aliphatic heterocycles. The number of pyridine rings is 2. The SMILES string of the molecule is CCN(CC)c1ccc(NC(=O)COC(=O)c2cc(-c3ccncc3)nc3ccccc23)cc1. The summed E-state index contributed by atoms with van der Waals surface area (Å²) in [6, 6.07) is 20.3. The van der Waals surface area contributed by atoms with Gasteiger partial charge >= 0.3 is 5.97 Å². The van der Waals surface area contributed by atoms with Crippen LogP contribution in [0.15, 0.2) is 79.1 Å². The molecule has 7 heteroatoms. The Kier molecular flexibility index (Phi) is 7.13. The smallest absolute Gasteiger partial charge is 0.339 e. The number of hydrogen-bond donors (Lipinski definition) is 1. The van der Waals surface area contributed by atoms with Crippen LogP contribution in [0.25, 0.3) is 22.2 Å². The summed E-state index contributed by atoms with van der Waals surface area (Å²) in [6.45, 7) is 5.62. The van der Waals surface area contributed by atoms with Crippen molar-refractivity contribution in [1.29, 1.82) is 0 Å². The molecule has 1 N–H and O–H groups in total. The number of anilines is 2. The topological polar surface area (TPSA) is 84.4 Å². The summed E-state index contributed by atoms with van der Waals surface area (Å²) in [7, 11) is 0. The fourth-order valence-corrected chi connectivity index (χ4v) is 3.77. The maximum absolute atomic E-state index is 12.9. The molecule has 0 bridgehead atoms. The summed E-state index contributed by atoms with van der Waals surface area (Å²) in [6.07, 6.45) is 3.34. The Bertz CT molecular complexity index is 1290. The van der Waals surface area contributed by atoms with Crippen LogP contribution in [0.5, 0.6) is 0 Å². The predicted octanol–water partition coefficient (Wildman–Crippen LogP) is 4.94. The number of carbonyl (C=O) groups excluding carboxylic acids is 2. The van der Waals surface area contributed by atoms with E-state index in [1.165, 1.54) is 0 Å². The van der Waals surface area contributed by atoms with Gasteiger partial charge in [0.15, 0.2) is 6.61 Å². The molecule has 2 aromatic heterocycles. The number of amides is 1. The van der Waals surface area contributed by atoms with Crippen LogP contribution >= 0.6 is 0 Å². The number of nitrogens with one attached hydrogen (secondary N) is 1. The van der Waals surface area contributed by atoms with Crippen LogP contribution in [0.1, 0.15) is 24.2 Å². The molecule has 2 aromatic carbocycles. The molecule has 0 aliphatic carbocycles. The van der Waals surface area contributed by atoms with Crippen LogP contribution in [0.3, 0.4) is 0 Å². The number of aromatic nitrogens is 2. The van der Waals surface area contributed by atoms with Gasteiger partial charge in [0.2, 0.25) is 0 Å². The van der Waals surface area contributed by atoms with Crippen molar-refractivity contribution in [2.24, 2.45) is 0 Å². The van der Waals surface area contributed by atoms with Gasteiger partial charge in [-0.15, -0.1) is 0 Å². The minimum absolute atomic E-state index is 0.355. The first kappa shape index (κ1) is 22.9. The van der Waals surface area contributed by atoms with Gasteiger partial charge in [-0.3, -0.25) is 9.78 Å². The summed E-state index contributed by atoms with van der Waals surface area (Å²) in [5, 5.41) is 3.44. The highest BCUT2D eigenvalue weighted by atomic mass is 16.5. The van der Waals surface area contributed by atoms with Crippen LogP contribution in [0.4, 0.5) is 11.4 Å². The number of esters is 1. The highest BCUT2D eigenvalue weighted by molar-refractivity contribution is 6.05. The molecule has 7 nitrogen and oxygen atoms in total. The molecular formula is C27H26N4O3. The van der Waals surface area contributed by atoms with E-state index in [4.69, 9.17) is 4.74 Å². The quantitative estimate of drug-likeness (QED) is 0.380. The van der Waals surface area contributed by atoms with E-state index in [9.17, 15) is 9.59 Å². The molecule has 0 aliphatic rings. The second-order valence-electron chi connectivity index (χ2n) is 7.65. The Balaban J connectivity index is 1.46. The maximum atomic E-state index is 12.9. The van der Waals surface area contributed by atoms with E-state index in [0.717, 1.165) is 24.3 Å². The molecule has 0 saturated heterocycles. The predicted molar refractivity (Wildman–Crippen MR) is 134 cm³/mol. The number of carbonyl (C=O) groups is 2. The van der Waals surface area contributed by atoms with Crippen molar-refractivity contribution >= 4 is 34.2 Å². The molecular weight excluding hydrogens is 428 g/mol. The Labute approximate surface area is 198 Å². The molecule has 0 radical (unpaired) electrons. The Hall–Kier alpha value is -4.26. The Morgan fingerprint density at radius 2 is 1.65 bits per heavy atom. The minimum Gasteiger partial charge on any atom is -0.452 e. The average molecular weight is 455 g/mol. The largest absolute Gasteiger partial charge is 0.452 e. The van der Waals surface area contributed by atoms with Crippen molar-refractivity contribution in [2.45, 2.75) is 13.8 Å². The van der Waals surface area contributed by atoms with Gasteiger partial charge in [-0.2, -0.15) is 0 Å². The molecule has 0 fully saturated rings. The number of nitrogens with zero attached hydrogens (tertiary/aromatic N) is 3. The van der Waals surface area contributed by atoms with Gasteiger partial charge in [-0.25, -0.2) is 9.78 Å². The second-order valence-corrected chi connectivity index (χ2v) is 7.65. The molecule has 172 valence electrons. The molecule has 2 heterocycles. The number of ether oxygens (including phenoxy) is 1. The number of hydrogen-bond acceptors (Lipinski definition) is 6. The highest BCUT2D eigenvalue weighted by Crippen LogP contribution is 2.25. The van der Waals surface area contributed by atoms with Gasteiger partial charge in [-0.05, 0) is 62.4 Å².